The molecular formula is C16H28BrN3S. The van der Waals surface area contributed by atoms with Crippen molar-refractivity contribution >= 4 is 27.7 Å². The molecule has 1 N–H and O–H groups in total. The van der Waals surface area contributed by atoms with Gasteiger partial charge in [0.25, 0.3) is 0 Å². The third kappa shape index (κ3) is 4.49. The monoisotopic (exact) mass is 373 g/mol. The van der Waals surface area contributed by atoms with Crippen LogP contribution in [0.1, 0.15) is 44.5 Å². The first-order valence-corrected chi connectivity index (χ1v) is 10.1. The number of aromatic nitrogens is 2. The number of nitrogens with one attached hydrogen (secondary N) is 1. The van der Waals surface area contributed by atoms with Gasteiger partial charge in [-0.2, -0.15) is 16.9 Å². The van der Waals surface area contributed by atoms with Gasteiger partial charge in [-0.25, -0.2) is 0 Å². The number of nitrogens with zero attached hydrogens (tertiary/aromatic N) is 2. The van der Waals surface area contributed by atoms with Gasteiger partial charge in [0.1, 0.15) is 0 Å². The van der Waals surface area contributed by atoms with Crippen LogP contribution in [-0.4, -0.2) is 34.4 Å². The molecule has 2 rings (SSSR count). The topological polar surface area (TPSA) is 29.9 Å². The van der Waals surface area contributed by atoms with Crippen molar-refractivity contribution in [3.05, 3.63) is 15.9 Å². The summed E-state index contributed by atoms with van der Waals surface area (Å²) >= 11 is 5.88. The predicted octanol–water partition coefficient (Wildman–Crippen LogP) is 3.89. The predicted molar refractivity (Wildman–Crippen MR) is 96.2 cm³/mol. The molecule has 0 amide bonds. The van der Waals surface area contributed by atoms with Gasteiger partial charge in [-0.15, -0.1) is 0 Å². The van der Waals surface area contributed by atoms with Crippen molar-refractivity contribution in [3.63, 3.8) is 0 Å². The Morgan fingerprint density at radius 3 is 2.67 bits per heavy atom. The fourth-order valence-electron chi connectivity index (χ4n) is 3.13. The summed E-state index contributed by atoms with van der Waals surface area (Å²) in [6.07, 6.45) is 6.13. The lowest BCUT2D eigenvalue weighted by atomic mass is 9.92. The third-order valence-corrected chi connectivity index (χ3v) is 6.46. The van der Waals surface area contributed by atoms with E-state index in [9.17, 15) is 0 Å². The van der Waals surface area contributed by atoms with E-state index < -0.39 is 0 Å². The highest BCUT2D eigenvalue weighted by atomic mass is 79.9. The van der Waals surface area contributed by atoms with E-state index in [2.05, 4.69) is 58.6 Å². The largest absolute Gasteiger partial charge is 0.317 e. The number of rotatable bonds is 7. The van der Waals surface area contributed by atoms with E-state index in [1.165, 1.54) is 46.6 Å². The maximum Gasteiger partial charge on any atom is 0.0766 e. The Bertz CT molecular complexity index is 441. The summed E-state index contributed by atoms with van der Waals surface area (Å²) in [4.78, 5) is 0. The normalized spacial score (nSPS) is 18.1. The van der Waals surface area contributed by atoms with E-state index >= 15 is 0 Å². The number of aryl methyl sites for hydroxylation is 2. The number of hydrogen-bond acceptors (Lipinski definition) is 3. The van der Waals surface area contributed by atoms with Gasteiger partial charge in [-0.05, 0) is 73.0 Å². The molecule has 5 heteroatoms. The Hall–Kier alpha value is -0.0000000000000000555. The average molecular weight is 374 g/mol. The minimum atomic E-state index is 0.557. The zero-order valence-electron chi connectivity index (χ0n) is 13.5. The summed E-state index contributed by atoms with van der Waals surface area (Å²) in [5.41, 5.74) is 2.55. The van der Waals surface area contributed by atoms with Crippen LogP contribution >= 0.6 is 27.7 Å². The van der Waals surface area contributed by atoms with Crippen LogP contribution in [0.3, 0.4) is 0 Å². The molecule has 0 spiro atoms. The number of halogens is 1. The van der Waals surface area contributed by atoms with Crippen molar-refractivity contribution in [1.29, 1.82) is 0 Å². The Kier molecular flexibility index (Phi) is 7.10. The molecule has 0 aliphatic carbocycles. The van der Waals surface area contributed by atoms with Gasteiger partial charge in [-0.1, -0.05) is 6.92 Å². The van der Waals surface area contributed by atoms with Crippen molar-refractivity contribution in [2.75, 3.05) is 18.6 Å². The zero-order chi connectivity index (χ0) is 15.2. The molecule has 0 bridgehead atoms. The second-order valence-corrected chi connectivity index (χ2v) is 7.88. The van der Waals surface area contributed by atoms with Crippen molar-refractivity contribution in [2.45, 2.75) is 58.5 Å². The highest BCUT2D eigenvalue weighted by molar-refractivity contribution is 9.10. The lowest BCUT2D eigenvalue weighted by molar-refractivity contribution is 0.370. The van der Waals surface area contributed by atoms with Crippen LogP contribution in [-0.2, 0) is 19.4 Å². The molecule has 1 saturated heterocycles. The highest BCUT2D eigenvalue weighted by Crippen LogP contribution is 2.29. The van der Waals surface area contributed by atoms with Gasteiger partial charge in [0, 0.05) is 19.0 Å². The van der Waals surface area contributed by atoms with Crippen molar-refractivity contribution < 1.29 is 0 Å². The molecule has 0 saturated carbocycles. The van der Waals surface area contributed by atoms with Crippen LogP contribution in [0, 0.1) is 5.92 Å². The molecule has 1 aromatic heterocycles. The number of hydrogen-bond donors (Lipinski definition) is 1. The summed E-state index contributed by atoms with van der Waals surface area (Å²) in [5.74, 6) is 3.58. The molecule has 1 fully saturated rings. The molecular weight excluding hydrogens is 346 g/mol. The van der Waals surface area contributed by atoms with Crippen molar-refractivity contribution in [2.24, 2.45) is 5.92 Å². The molecule has 1 aromatic rings. The van der Waals surface area contributed by atoms with Crippen LogP contribution in [0.15, 0.2) is 4.47 Å². The molecule has 1 atom stereocenters. The van der Waals surface area contributed by atoms with E-state index in [1.54, 1.807) is 0 Å². The van der Waals surface area contributed by atoms with Crippen LogP contribution in [0.5, 0.6) is 0 Å². The molecule has 1 aliphatic rings. The number of likely N-dealkylation sites (N-methyl/N-ethyl adjacent to an activating group) is 1. The first-order chi connectivity index (χ1) is 10.2. The Morgan fingerprint density at radius 1 is 1.38 bits per heavy atom. The first kappa shape index (κ1) is 17.4. The average Bonchev–Trinajstić information content (AvgIpc) is 2.83. The first-order valence-electron chi connectivity index (χ1n) is 8.18. The van der Waals surface area contributed by atoms with Crippen LogP contribution in [0.2, 0.25) is 0 Å². The van der Waals surface area contributed by atoms with Crippen molar-refractivity contribution in [1.82, 2.24) is 15.1 Å². The molecule has 1 aliphatic heterocycles. The van der Waals surface area contributed by atoms with Gasteiger partial charge in [0.2, 0.25) is 0 Å². The van der Waals surface area contributed by atoms with Gasteiger partial charge in [-0.3, -0.25) is 4.68 Å². The third-order valence-electron chi connectivity index (χ3n) is 4.50. The lowest BCUT2D eigenvalue weighted by Gasteiger charge is -2.26. The SMILES string of the molecule is CCc1nn(CC)c(CC(CC2CCSCC2)NC)c1Br. The summed E-state index contributed by atoms with van der Waals surface area (Å²) in [5, 5.41) is 8.25. The van der Waals surface area contributed by atoms with Gasteiger partial charge >= 0.3 is 0 Å². The smallest absolute Gasteiger partial charge is 0.0766 e. The van der Waals surface area contributed by atoms with Gasteiger partial charge < -0.3 is 5.32 Å². The lowest BCUT2D eigenvalue weighted by Crippen LogP contribution is -2.32. The second-order valence-electron chi connectivity index (χ2n) is 5.86. The second kappa shape index (κ2) is 8.59. The summed E-state index contributed by atoms with van der Waals surface area (Å²) < 4.78 is 3.40. The maximum atomic E-state index is 4.72. The zero-order valence-corrected chi connectivity index (χ0v) is 15.9. The van der Waals surface area contributed by atoms with E-state index in [1.807, 2.05) is 0 Å². The van der Waals surface area contributed by atoms with Gasteiger partial charge in [0.15, 0.2) is 0 Å². The molecule has 0 aromatic carbocycles. The fraction of sp³-hybridized carbons (Fsp3) is 0.812. The number of thioether (sulfide) groups is 1. The van der Waals surface area contributed by atoms with E-state index in [4.69, 9.17) is 5.10 Å². The van der Waals surface area contributed by atoms with Crippen LogP contribution in [0.4, 0.5) is 0 Å². The summed E-state index contributed by atoms with van der Waals surface area (Å²) in [7, 11) is 2.10. The summed E-state index contributed by atoms with van der Waals surface area (Å²) in [6, 6.07) is 0.557. The minimum Gasteiger partial charge on any atom is -0.317 e. The molecule has 0 radical (unpaired) electrons. The Balaban J connectivity index is 2.05. The molecule has 21 heavy (non-hydrogen) atoms. The highest BCUT2D eigenvalue weighted by Gasteiger charge is 2.22. The Morgan fingerprint density at radius 2 is 2.10 bits per heavy atom. The van der Waals surface area contributed by atoms with Crippen LogP contribution < -0.4 is 5.32 Å². The Labute approximate surface area is 141 Å². The van der Waals surface area contributed by atoms with E-state index in [0.29, 0.717) is 6.04 Å². The molecule has 3 nitrogen and oxygen atoms in total. The summed E-state index contributed by atoms with van der Waals surface area (Å²) in [6.45, 7) is 5.30. The quantitative estimate of drug-likeness (QED) is 0.785. The van der Waals surface area contributed by atoms with E-state index in [0.717, 1.165) is 25.3 Å². The fourth-order valence-corrected chi connectivity index (χ4v) is 5.06. The molecule has 120 valence electrons. The van der Waals surface area contributed by atoms with Crippen molar-refractivity contribution in [3.8, 4) is 0 Å². The maximum absolute atomic E-state index is 4.72. The minimum absolute atomic E-state index is 0.557. The van der Waals surface area contributed by atoms with Crippen LogP contribution in [0.25, 0.3) is 0 Å². The van der Waals surface area contributed by atoms with Gasteiger partial charge in [0.05, 0.1) is 15.9 Å². The molecule has 1 unspecified atom stereocenters. The van der Waals surface area contributed by atoms with E-state index in [-0.39, 0.29) is 0 Å². The standard InChI is InChI=1S/C16H28BrN3S/c1-4-14-16(17)15(20(5-2)19-14)11-13(18-3)10-12-6-8-21-9-7-12/h12-13,18H,4-11H2,1-3H3. The molecule has 2 heterocycles.